The molecule has 0 spiro atoms. The lowest BCUT2D eigenvalue weighted by Gasteiger charge is -2.23. The quantitative estimate of drug-likeness (QED) is 0.566. The van der Waals surface area contributed by atoms with E-state index >= 15 is 0 Å². The number of carbonyl (C=O) groups excluding carboxylic acids is 1. The second-order valence-electron chi connectivity index (χ2n) is 6.90. The van der Waals surface area contributed by atoms with Gasteiger partial charge in [0.2, 0.25) is 0 Å². The Balaban J connectivity index is 1.79. The molecule has 1 aromatic heterocycles. The van der Waals surface area contributed by atoms with Crippen LogP contribution in [0, 0.1) is 6.92 Å². The lowest BCUT2D eigenvalue weighted by atomic mass is 10.1. The van der Waals surface area contributed by atoms with Gasteiger partial charge in [-0.1, -0.05) is 41.4 Å². The highest BCUT2D eigenvalue weighted by Gasteiger charge is 2.26. The maximum absolute atomic E-state index is 12.9. The number of benzene rings is 2. The minimum atomic E-state index is -0.381. The first-order valence-corrected chi connectivity index (χ1v) is 10.2. The summed E-state index contributed by atoms with van der Waals surface area (Å²) in [5.41, 5.74) is 3.54. The van der Waals surface area contributed by atoms with E-state index in [0.717, 1.165) is 34.8 Å². The Hall–Kier alpha value is -2.41. The molecule has 0 saturated carbocycles. The highest BCUT2D eigenvalue weighted by atomic mass is 35.5. The molecule has 3 aromatic rings. The van der Waals surface area contributed by atoms with Crippen molar-refractivity contribution in [2.24, 2.45) is 0 Å². The van der Waals surface area contributed by atoms with E-state index in [-0.39, 0.29) is 11.5 Å². The van der Waals surface area contributed by atoms with Gasteiger partial charge < -0.3 is 15.1 Å². The largest absolute Gasteiger partial charge is 0.350 e. The van der Waals surface area contributed by atoms with Crippen molar-refractivity contribution in [1.29, 1.82) is 0 Å². The van der Waals surface area contributed by atoms with Gasteiger partial charge in [-0.05, 0) is 42.9 Å². The Morgan fingerprint density at radius 1 is 1.14 bits per heavy atom. The van der Waals surface area contributed by atoms with E-state index in [0.29, 0.717) is 21.2 Å². The van der Waals surface area contributed by atoms with E-state index < -0.39 is 0 Å². The Morgan fingerprint density at radius 2 is 1.83 bits per heavy atom. The number of aromatic nitrogens is 1. The molecular weight excluding hydrogens is 427 g/mol. The molecular formula is C21H18Cl2N4OS. The van der Waals surface area contributed by atoms with Gasteiger partial charge in [-0.3, -0.25) is 9.78 Å². The van der Waals surface area contributed by atoms with Crippen LogP contribution in [0.1, 0.15) is 15.9 Å². The Bertz CT molecular complexity index is 1130. The maximum atomic E-state index is 12.9. The monoisotopic (exact) mass is 444 g/mol. The molecule has 2 aromatic carbocycles. The van der Waals surface area contributed by atoms with Crippen LogP contribution in [0.2, 0.25) is 10.0 Å². The van der Waals surface area contributed by atoms with Crippen LogP contribution in [-0.2, 0) is 0 Å². The average molecular weight is 445 g/mol. The first-order valence-electron chi connectivity index (χ1n) is 9.05. The van der Waals surface area contributed by atoms with E-state index in [4.69, 9.17) is 35.4 Å². The van der Waals surface area contributed by atoms with Gasteiger partial charge in [0, 0.05) is 31.7 Å². The number of aryl methyl sites for hydroxylation is 1. The summed E-state index contributed by atoms with van der Waals surface area (Å²) < 4.78 is 0. The lowest BCUT2D eigenvalue weighted by Crippen LogP contribution is -2.29. The number of pyridine rings is 1. The first-order chi connectivity index (χ1) is 13.9. The van der Waals surface area contributed by atoms with Gasteiger partial charge >= 0.3 is 0 Å². The number of halogens is 2. The predicted molar refractivity (Wildman–Crippen MR) is 123 cm³/mol. The van der Waals surface area contributed by atoms with Crippen molar-refractivity contribution < 1.29 is 4.79 Å². The van der Waals surface area contributed by atoms with Gasteiger partial charge in [-0.15, -0.1) is 0 Å². The van der Waals surface area contributed by atoms with Gasteiger partial charge in [0.25, 0.3) is 5.91 Å². The highest BCUT2D eigenvalue weighted by molar-refractivity contribution is 7.80. The SMILES string of the molecule is Cc1cnc2c(NC(=O)c3c(Cl)cccc3Cl)cccc2c1N1CCN(C)C1=S. The van der Waals surface area contributed by atoms with Crippen LogP contribution in [0.15, 0.2) is 42.6 Å². The molecule has 0 unspecified atom stereocenters. The second-order valence-corrected chi connectivity index (χ2v) is 8.08. The van der Waals surface area contributed by atoms with Crippen molar-refractivity contribution in [3.05, 3.63) is 63.8 Å². The third kappa shape index (κ3) is 3.52. The second kappa shape index (κ2) is 7.78. The fourth-order valence-corrected chi connectivity index (χ4v) is 4.37. The molecule has 29 heavy (non-hydrogen) atoms. The van der Waals surface area contributed by atoms with Crippen molar-refractivity contribution in [2.45, 2.75) is 6.92 Å². The average Bonchev–Trinajstić information content (AvgIpc) is 3.00. The van der Waals surface area contributed by atoms with Crippen molar-refractivity contribution in [3.63, 3.8) is 0 Å². The summed E-state index contributed by atoms with van der Waals surface area (Å²) in [6.45, 7) is 3.68. The third-order valence-corrected chi connectivity index (χ3v) is 6.14. The van der Waals surface area contributed by atoms with Gasteiger partial charge in [0.05, 0.1) is 32.5 Å². The molecule has 0 atom stereocenters. The molecule has 4 rings (SSSR count). The molecule has 5 nitrogen and oxygen atoms in total. The highest BCUT2D eigenvalue weighted by Crippen LogP contribution is 2.35. The summed E-state index contributed by atoms with van der Waals surface area (Å²) in [6.07, 6.45) is 1.80. The number of rotatable bonds is 3. The van der Waals surface area contributed by atoms with Crippen molar-refractivity contribution >= 4 is 68.7 Å². The minimum absolute atomic E-state index is 0.238. The third-order valence-electron chi connectivity index (χ3n) is 4.98. The number of hydrogen-bond acceptors (Lipinski definition) is 3. The van der Waals surface area contributed by atoms with Crippen molar-refractivity contribution in [3.8, 4) is 0 Å². The molecule has 1 aliphatic rings. The topological polar surface area (TPSA) is 48.5 Å². The minimum Gasteiger partial charge on any atom is -0.350 e. The van der Waals surface area contributed by atoms with Crippen LogP contribution in [-0.4, -0.2) is 41.0 Å². The molecule has 1 fully saturated rings. The number of nitrogens with one attached hydrogen (secondary N) is 1. The van der Waals surface area contributed by atoms with Crippen LogP contribution in [0.5, 0.6) is 0 Å². The summed E-state index contributed by atoms with van der Waals surface area (Å²) in [5, 5.41) is 5.20. The van der Waals surface area contributed by atoms with Crippen molar-refractivity contribution in [2.75, 3.05) is 30.4 Å². The van der Waals surface area contributed by atoms with Crippen LogP contribution in [0.4, 0.5) is 11.4 Å². The number of hydrogen-bond donors (Lipinski definition) is 1. The zero-order valence-electron chi connectivity index (χ0n) is 15.9. The lowest BCUT2D eigenvalue weighted by molar-refractivity contribution is 0.102. The van der Waals surface area contributed by atoms with Crippen LogP contribution in [0.25, 0.3) is 10.9 Å². The Morgan fingerprint density at radius 3 is 2.48 bits per heavy atom. The summed E-state index contributed by atoms with van der Waals surface area (Å²) in [5.74, 6) is -0.381. The summed E-state index contributed by atoms with van der Waals surface area (Å²) in [7, 11) is 1.99. The van der Waals surface area contributed by atoms with E-state index in [2.05, 4.69) is 15.2 Å². The number of para-hydroxylation sites is 1. The van der Waals surface area contributed by atoms with E-state index in [1.54, 1.807) is 24.4 Å². The molecule has 148 valence electrons. The number of anilines is 2. The van der Waals surface area contributed by atoms with Gasteiger partial charge in [-0.25, -0.2) is 0 Å². The zero-order chi connectivity index (χ0) is 20.7. The molecule has 0 aliphatic carbocycles. The molecule has 8 heteroatoms. The van der Waals surface area contributed by atoms with Crippen LogP contribution >= 0.6 is 35.4 Å². The van der Waals surface area contributed by atoms with Gasteiger partial charge in [0.1, 0.15) is 0 Å². The number of likely N-dealkylation sites (N-methyl/N-ethyl adjacent to an activating group) is 1. The number of thiocarbonyl (C=S) groups is 1. The fourth-order valence-electron chi connectivity index (χ4n) is 3.52. The van der Waals surface area contributed by atoms with E-state index in [1.807, 2.05) is 37.1 Å². The molecule has 1 saturated heterocycles. The molecule has 1 aliphatic heterocycles. The van der Waals surface area contributed by atoms with Gasteiger partial charge in [0.15, 0.2) is 5.11 Å². The summed E-state index contributed by atoms with van der Waals surface area (Å²) in [4.78, 5) is 21.6. The molecule has 0 bridgehead atoms. The Labute approximate surface area is 184 Å². The molecule has 0 radical (unpaired) electrons. The van der Waals surface area contributed by atoms with Crippen LogP contribution < -0.4 is 10.2 Å². The standard InChI is InChI=1S/C21H18Cl2N4OS/c1-12-11-24-18-13(19(12)27-10-9-26(2)21(27)29)5-3-8-16(18)25-20(28)17-14(22)6-4-7-15(17)23/h3-8,11H,9-10H2,1-2H3,(H,25,28). The number of carbonyl (C=O) groups is 1. The maximum Gasteiger partial charge on any atom is 0.258 e. The normalized spacial score (nSPS) is 14.0. The first kappa shape index (κ1) is 19.9. The summed E-state index contributed by atoms with van der Waals surface area (Å²) >= 11 is 18.0. The van der Waals surface area contributed by atoms with E-state index in [9.17, 15) is 4.79 Å². The number of nitrogens with zero attached hydrogens (tertiary/aromatic N) is 3. The zero-order valence-corrected chi connectivity index (χ0v) is 18.2. The van der Waals surface area contributed by atoms with Crippen molar-refractivity contribution in [1.82, 2.24) is 9.88 Å². The summed E-state index contributed by atoms with van der Waals surface area (Å²) in [6, 6.07) is 10.7. The van der Waals surface area contributed by atoms with E-state index in [1.165, 1.54) is 0 Å². The molecule has 1 amide bonds. The fraction of sp³-hybridized carbons (Fsp3) is 0.190. The molecule has 2 heterocycles. The molecule has 1 N–H and O–H groups in total. The van der Waals surface area contributed by atoms with Gasteiger partial charge in [-0.2, -0.15) is 0 Å². The Kier molecular flexibility index (Phi) is 5.34. The smallest absolute Gasteiger partial charge is 0.258 e. The number of fused-ring (bicyclic) bond motifs is 1. The number of amides is 1. The predicted octanol–water partition coefficient (Wildman–Crippen LogP) is 5.14. The van der Waals surface area contributed by atoms with Crippen LogP contribution in [0.3, 0.4) is 0 Å².